The van der Waals surface area contributed by atoms with Crippen LogP contribution in [0, 0.1) is 5.92 Å². The maximum absolute atomic E-state index is 12.1. The van der Waals surface area contributed by atoms with Crippen LogP contribution < -0.4 is 5.32 Å². The van der Waals surface area contributed by atoms with Gasteiger partial charge < -0.3 is 20.1 Å². The van der Waals surface area contributed by atoms with Crippen LogP contribution in [0.25, 0.3) is 0 Å². The molecule has 2 N–H and O–H groups in total. The lowest BCUT2D eigenvalue weighted by atomic mass is 9.99. The van der Waals surface area contributed by atoms with Gasteiger partial charge in [0.15, 0.2) is 5.54 Å². The van der Waals surface area contributed by atoms with Gasteiger partial charge in [-0.3, -0.25) is 0 Å². The van der Waals surface area contributed by atoms with Crippen molar-refractivity contribution in [1.82, 2.24) is 10.2 Å². The molecule has 1 aliphatic heterocycles. The minimum atomic E-state index is -1.27. The topological polar surface area (TPSA) is 78.9 Å². The molecule has 0 saturated carbocycles. The maximum atomic E-state index is 12.1. The summed E-state index contributed by atoms with van der Waals surface area (Å²) < 4.78 is 5.11. The molecular formula is C13H24N2O4. The second kappa shape index (κ2) is 6.23. The number of aliphatic carboxylic acids is 1. The highest BCUT2D eigenvalue weighted by Gasteiger charge is 2.44. The normalized spacial score (nSPS) is 24.3. The fraction of sp³-hybridized carbons (Fsp3) is 0.846. The van der Waals surface area contributed by atoms with Crippen LogP contribution in [-0.2, 0) is 9.53 Å². The minimum absolute atomic E-state index is 0.0282. The van der Waals surface area contributed by atoms with E-state index in [0.29, 0.717) is 18.9 Å². The fourth-order valence-corrected chi connectivity index (χ4v) is 2.22. The summed E-state index contributed by atoms with van der Waals surface area (Å²) in [4.78, 5) is 25.0. The van der Waals surface area contributed by atoms with Crippen LogP contribution in [0.2, 0.25) is 0 Å². The van der Waals surface area contributed by atoms with E-state index in [1.54, 1.807) is 11.9 Å². The van der Waals surface area contributed by atoms with Crippen molar-refractivity contribution >= 4 is 12.0 Å². The van der Waals surface area contributed by atoms with E-state index in [1.165, 1.54) is 0 Å². The van der Waals surface area contributed by atoms with Gasteiger partial charge in [0.25, 0.3) is 0 Å². The number of hydrogen-bond acceptors (Lipinski definition) is 3. The van der Waals surface area contributed by atoms with Crippen molar-refractivity contribution in [2.45, 2.75) is 45.2 Å². The highest BCUT2D eigenvalue weighted by atomic mass is 16.5. The molecule has 2 atom stereocenters. The number of carboxylic acids is 1. The van der Waals surface area contributed by atoms with Crippen LogP contribution in [0.4, 0.5) is 4.79 Å². The Morgan fingerprint density at radius 2 is 2.05 bits per heavy atom. The molecule has 1 fully saturated rings. The van der Waals surface area contributed by atoms with Crippen LogP contribution in [0.5, 0.6) is 0 Å². The Bertz CT molecular complexity index is 338. The van der Waals surface area contributed by atoms with Crippen LogP contribution in [0.3, 0.4) is 0 Å². The highest BCUT2D eigenvalue weighted by molar-refractivity contribution is 5.86. The first-order valence-corrected chi connectivity index (χ1v) is 6.64. The van der Waals surface area contributed by atoms with E-state index in [9.17, 15) is 14.7 Å². The fourth-order valence-electron chi connectivity index (χ4n) is 2.22. The largest absolute Gasteiger partial charge is 0.479 e. The predicted octanol–water partition coefficient (Wildman–Crippen LogP) is 1.31. The van der Waals surface area contributed by atoms with Gasteiger partial charge in [0, 0.05) is 26.1 Å². The number of carbonyl (C=O) groups is 2. The van der Waals surface area contributed by atoms with E-state index in [0.717, 1.165) is 6.42 Å². The van der Waals surface area contributed by atoms with Crippen LogP contribution in [0.1, 0.15) is 33.6 Å². The second-order valence-corrected chi connectivity index (χ2v) is 5.71. The van der Waals surface area contributed by atoms with Crippen molar-refractivity contribution in [3.63, 3.8) is 0 Å². The summed E-state index contributed by atoms with van der Waals surface area (Å²) in [5.41, 5.74) is -1.27. The van der Waals surface area contributed by atoms with Crippen LogP contribution >= 0.6 is 0 Å². The van der Waals surface area contributed by atoms with Crippen LogP contribution in [-0.4, -0.2) is 53.8 Å². The zero-order valence-electron chi connectivity index (χ0n) is 12.1. The van der Waals surface area contributed by atoms with E-state index >= 15 is 0 Å². The van der Waals surface area contributed by atoms with Gasteiger partial charge >= 0.3 is 12.0 Å². The number of nitrogens with zero attached hydrogens (tertiary/aromatic N) is 1. The predicted molar refractivity (Wildman–Crippen MR) is 71.0 cm³/mol. The molecule has 2 amide bonds. The molecule has 0 aromatic rings. The Labute approximate surface area is 114 Å². The summed E-state index contributed by atoms with van der Waals surface area (Å²) in [6.45, 7) is 6.52. The number of carboxylic acid groups (broad SMARTS) is 1. The van der Waals surface area contributed by atoms with Crippen LogP contribution in [0.15, 0.2) is 0 Å². The molecule has 2 unspecified atom stereocenters. The summed E-state index contributed by atoms with van der Waals surface area (Å²) in [5.74, 6) is -0.559. The molecule has 0 spiro atoms. The van der Waals surface area contributed by atoms with Crippen molar-refractivity contribution < 1.29 is 19.4 Å². The number of rotatable bonds is 5. The van der Waals surface area contributed by atoms with E-state index in [4.69, 9.17) is 4.74 Å². The number of ether oxygens (including phenoxy) is 1. The third-order valence-corrected chi connectivity index (χ3v) is 3.57. The Morgan fingerprint density at radius 1 is 1.42 bits per heavy atom. The average molecular weight is 272 g/mol. The minimum Gasteiger partial charge on any atom is -0.479 e. The lowest BCUT2D eigenvalue weighted by Crippen LogP contribution is -2.59. The average Bonchev–Trinajstić information content (AvgIpc) is 2.76. The molecule has 0 aromatic carbocycles. The van der Waals surface area contributed by atoms with E-state index in [1.807, 2.05) is 6.92 Å². The molecule has 0 radical (unpaired) electrons. The summed E-state index contributed by atoms with van der Waals surface area (Å²) >= 11 is 0. The van der Waals surface area contributed by atoms with Gasteiger partial charge in [-0.25, -0.2) is 9.59 Å². The SMILES string of the molecule is CC(C)CC(C)N(C)C(=O)NC1(C(=O)O)CCOC1. The molecule has 1 heterocycles. The number of hydrogen-bond donors (Lipinski definition) is 2. The van der Waals surface area contributed by atoms with Crippen molar-refractivity contribution in [2.24, 2.45) is 5.92 Å². The Hall–Kier alpha value is -1.30. The van der Waals surface area contributed by atoms with Gasteiger partial charge in [0.1, 0.15) is 0 Å². The first-order valence-electron chi connectivity index (χ1n) is 6.64. The lowest BCUT2D eigenvalue weighted by molar-refractivity contribution is -0.144. The Kier molecular flexibility index (Phi) is 5.17. The summed E-state index contributed by atoms with van der Waals surface area (Å²) in [5, 5.41) is 11.9. The number of urea groups is 1. The van der Waals surface area contributed by atoms with Crippen molar-refractivity contribution in [3.8, 4) is 0 Å². The summed E-state index contributed by atoms with van der Waals surface area (Å²) in [7, 11) is 1.69. The summed E-state index contributed by atoms with van der Waals surface area (Å²) in [6.07, 6.45) is 1.18. The zero-order valence-corrected chi connectivity index (χ0v) is 12.1. The van der Waals surface area contributed by atoms with E-state index in [2.05, 4.69) is 19.2 Å². The zero-order chi connectivity index (χ0) is 14.6. The van der Waals surface area contributed by atoms with E-state index < -0.39 is 11.5 Å². The Morgan fingerprint density at radius 3 is 2.47 bits per heavy atom. The van der Waals surface area contributed by atoms with Gasteiger partial charge in [-0.2, -0.15) is 0 Å². The molecule has 19 heavy (non-hydrogen) atoms. The van der Waals surface area contributed by atoms with Gasteiger partial charge in [-0.05, 0) is 19.3 Å². The first kappa shape index (κ1) is 15.8. The standard InChI is InChI=1S/C13H24N2O4/c1-9(2)7-10(3)15(4)12(18)14-13(11(16)17)5-6-19-8-13/h9-10H,5-8H2,1-4H3,(H,14,18)(H,16,17). The third-order valence-electron chi connectivity index (χ3n) is 3.57. The van der Waals surface area contributed by atoms with Gasteiger partial charge in [-0.1, -0.05) is 13.8 Å². The molecule has 0 aromatic heterocycles. The molecule has 0 bridgehead atoms. The smallest absolute Gasteiger partial charge is 0.332 e. The molecular weight excluding hydrogens is 248 g/mol. The van der Waals surface area contributed by atoms with Crippen molar-refractivity contribution in [1.29, 1.82) is 0 Å². The first-order chi connectivity index (χ1) is 8.78. The summed E-state index contributed by atoms with van der Waals surface area (Å²) in [6, 6.07) is -0.297. The number of amides is 2. The van der Waals surface area contributed by atoms with Crippen molar-refractivity contribution in [2.75, 3.05) is 20.3 Å². The molecule has 1 saturated heterocycles. The second-order valence-electron chi connectivity index (χ2n) is 5.71. The maximum Gasteiger partial charge on any atom is 0.332 e. The number of carbonyl (C=O) groups excluding carboxylic acids is 1. The monoisotopic (exact) mass is 272 g/mol. The van der Waals surface area contributed by atoms with Crippen molar-refractivity contribution in [3.05, 3.63) is 0 Å². The third kappa shape index (κ3) is 3.83. The van der Waals surface area contributed by atoms with Gasteiger partial charge in [0.2, 0.25) is 0 Å². The van der Waals surface area contributed by atoms with Gasteiger partial charge in [0.05, 0.1) is 6.61 Å². The molecule has 6 heteroatoms. The molecule has 110 valence electrons. The lowest BCUT2D eigenvalue weighted by Gasteiger charge is -2.31. The molecule has 6 nitrogen and oxygen atoms in total. The molecule has 0 aliphatic carbocycles. The molecule has 1 aliphatic rings. The van der Waals surface area contributed by atoms with Gasteiger partial charge in [-0.15, -0.1) is 0 Å². The number of nitrogens with one attached hydrogen (secondary N) is 1. The molecule has 1 rings (SSSR count). The quantitative estimate of drug-likeness (QED) is 0.791. The van der Waals surface area contributed by atoms with E-state index in [-0.39, 0.29) is 18.7 Å². The highest BCUT2D eigenvalue weighted by Crippen LogP contribution is 2.20. The Balaban J connectivity index is 2.64.